The zero-order valence-electron chi connectivity index (χ0n) is 17.5. The minimum absolute atomic E-state index is 0.221. The topological polar surface area (TPSA) is 12.0 Å². The van der Waals surface area contributed by atoms with Gasteiger partial charge in [-0.15, -0.1) is 0 Å². The van der Waals surface area contributed by atoms with Crippen LogP contribution < -0.4 is 5.32 Å². The molecule has 3 atom stereocenters. The van der Waals surface area contributed by atoms with Crippen LogP contribution >= 0.6 is 0 Å². The number of rotatable bonds is 9. The van der Waals surface area contributed by atoms with Crippen LogP contribution in [0, 0.1) is 29.1 Å². The van der Waals surface area contributed by atoms with Gasteiger partial charge in [0, 0.05) is 11.6 Å². The van der Waals surface area contributed by atoms with Crippen molar-refractivity contribution in [2.45, 2.75) is 107 Å². The van der Waals surface area contributed by atoms with Crippen LogP contribution in [0.5, 0.6) is 0 Å². The summed E-state index contributed by atoms with van der Waals surface area (Å²) < 4.78 is 0. The van der Waals surface area contributed by atoms with Gasteiger partial charge in [0.15, 0.2) is 0 Å². The van der Waals surface area contributed by atoms with E-state index in [1.807, 2.05) is 0 Å². The summed E-state index contributed by atoms with van der Waals surface area (Å²) in [5.74, 6) is 2.79. The fourth-order valence-corrected chi connectivity index (χ4v) is 3.28. The van der Waals surface area contributed by atoms with Crippen molar-refractivity contribution in [3.8, 4) is 0 Å². The van der Waals surface area contributed by atoms with Crippen molar-refractivity contribution >= 4 is 0 Å². The Morgan fingerprint density at radius 1 is 0.818 bits per heavy atom. The summed E-state index contributed by atoms with van der Waals surface area (Å²) in [5.41, 5.74) is 0.628. The monoisotopic (exact) mass is 311 g/mol. The van der Waals surface area contributed by atoms with E-state index in [1.54, 1.807) is 0 Å². The van der Waals surface area contributed by atoms with Gasteiger partial charge in [0.1, 0.15) is 0 Å². The molecule has 0 aromatic rings. The second-order valence-corrected chi connectivity index (χ2v) is 9.61. The maximum atomic E-state index is 4.09. The lowest BCUT2D eigenvalue weighted by atomic mass is 9.73. The number of nitrogens with one attached hydrogen (secondary N) is 1. The third-order valence-corrected chi connectivity index (χ3v) is 6.39. The summed E-state index contributed by atoms with van der Waals surface area (Å²) in [4.78, 5) is 0. The van der Waals surface area contributed by atoms with Gasteiger partial charge in [-0.05, 0) is 48.9 Å². The Morgan fingerprint density at radius 2 is 1.27 bits per heavy atom. The van der Waals surface area contributed by atoms with Crippen LogP contribution in [0.25, 0.3) is 0 Å². The van der Waals surface area contributed by atoms with Gasteiger partial charge in [-0.3, -0.25) is 0 Å². The van der Waals surface area contributed by atoms with Gasteiger partial charge in [-0.2, -0.15) is 0 Å². The van der Waals surface area contributed by atoms with Crippen LogP contribution in [0.15, 0.2) is 0 Å². The van der Waals surface area contributed by atoms with E-state index in [4.69, 9.17) is 0 Å². The van der Waals surface area contributed by atoms with Gasteiger partial charge in [-0.25, -0.2) is 0 Å². The molecule has 1 nitrogen and oxygen atoms in total. The van der Waals surface area contributed by atoms with E-state index < -0.39 is 0 Å². The molecule has 0 aliphatic heterocycles. The minimum Gasteiger partial charge on any atom is -0.308 e. The Kier molecular flexibility index (Phi) is 8.70. The summed E-state index contributed by atoms with van der Waals surface area (Å²) >= 11 is 0. The fourth-order valence-electron chi connectivity index (χ4n) is 3.28. The van der Waals surface area contributed by atoms with E-state index in [-0.39, 0.29) is 5.54 Å². The Morgan fingerprint density at radius 3 is 1.59 bits per heavy atom. The maximum Gasteiger partial charge on any atom is 0.0201 e. The first-order chi connectivity index (χ1) is 9.86. The second kappa shape index (κ2) is 8.71. The molecule has 0 aliphatic carbocycles. The normalized spacial score (nSPS) is 17.9. The van der Waals surface area contributed by atoms with Crippen LogP contribution in [0.4, 0.5) is 0 Å². The first-order valence-electron chi connectivity index (χ1n) is 9.63. The molecular formula is C21H45N. The lowest BCUT2D eigenvalue weighted by Crippen LogP contribution is -2.57. The van der Waals surface area contributed by atoms with Crippen molar-refractivity contribution in [2.24, 2.45) is 29.1 Å². The fraction of sp³-hybridized carbons (Fsp3) is 1.00. The number of hydrogen-bond acceptors (Lipinski definition) is 1. The molecule has 22 heavy (non-hydrogen) atoms. The van der Waals surface area contributed by atoms with Gasteiger partial charge in [-0.1, -0.05) is 75.7 Å². The van der Waals surface area contributed by atoms with Crippen LogP contribution in [-0.2, 0) is 0 Å². The van der Waals surface area contributed by atoms with E-state index in [2.05, 4.69) is 81.5 Å². The molecule has 1 heteroatoms. The Hall–Kier alpha value is -0.0400. The third kappa shape index (κ3) is 6.22. The molecular weight excluding hydrogens is 266 g/mol. The molecule has 0 amide bonds. The van der Waals surface area contributed by atoms with E-state index in [1.165, 1.54) is 19.3 Å². The Balaban J connectivity index is 5.05. The molecule has 0 aromatic heterocycles. The highest BCUT2D eigenvalue weighted by molar-refractivity contribution is 4.93. The Labute approximate surface area is 142 Å². The third-order valence-electron chi connectivity index (χ3n) is 6.39. The highest BCUT2D eigenvalue weighted by Crippen LogP contribution is 2.34. The molecule has 134 valence electrons. The maximum absolute atomic E-state index is 4.09. The molecule has 0 aromatic carbocycles. The largest absolute Gasteiger partial charge is 0.308 e. The van der Waals surface area contributed by atoms with Crippen LogP contribution in [0.1, 0.15) is 95.4 Å². The highest BCUT2D eigenvalue weighted by Gasteiger charge is 2.35. The van der Waals surface area contributed by atoms with Crippen molar-refractivity contribution < 1.29 is 0 Å². The molecule has 0 heterocycles. The molecule has 0 radical (unpaired) electrons. The zero-order chi connectivity index (χ0) is 17.7. The summed E-state index contributed by atoms with van der Waals surface area (Å²) in [6, 6.07) is 0.629. The molecule has 0 spiro atoms. The van der Waals surface area contributed by atoms with E-state index in [0.29, 0.717) is 23.3 Å². The predicted octanol–water partition coefficient (Wildman–Crippen LogP) is 6.52. The zero-order valence-corrected chi connectivity index (χ0v) is 17.5. The van der Waals surface area contributed by atoms with E-state index >= 15 is 0 Å². The van der Waals surface area contributed by atoms with Crippen molar-refractivity contribution in [1.29, 1.82) is 0 Å². The van der Waals surface area contributed by atoms with Crippen LogP contribution in [0.2, 0.25) is 0 Å². The summed E-state index contributed by atoms with van der Waals surface area (Å²) in [7, 11) is 0. The van der Waals surface area contributed by atoms with Crippen molar-refractivity contribution in [1.82, 2.24) is 5.32 Å². The van der Waals surface area contributed by atoms with Gasteiger partial charge >= 0.3 is 0 Å². The predicted molar refractivity (Wildman–Crippen MR) is 102 cm³/mol. The van der Waals surface area contributed by atoms with Crippen LogP contribution in [0.3, 0.4) is 0 Å². The van der Waals surface area contributed by atoms with Crippen molar-refractivity contribution in [2.75, 3.05) is 0 Å². The minimum atomic E-state index is 0.221. The molecule has 0 fully saturated rings. The lowest BCUT2D eigenvalue weighted by Gasteiger charge is -2.44. The molecule has 0 rings (SSSR count). The molecule has 0 saturated heterocycles. The van der Waals surface area contributed by atoms with Gasteiger partial charge in [0.2, 0.25) is 0 Å². The van der Waals surface area contributed by atoms with Gasteiger partial charge in [0.05, 0.1) is 0 Å². The average Bonchev–Trinajstić information content (AvgIpc) is 2.36. The molecule has 0 saturated carbocycles. The van der Waals surface area contributed by atoms with Crippen molar-refractivity contribution in [3.63, 3.8) is 0 Å². The molecule has 0 bridgehead atoms. The smallest absolute Gasteiger partial charge is 0.0201 e. The molecule has 1 N–H and O–H groups in total. The number of hydrogen-bond donors (Lipinski definition) is 1. The highest BCUT2D eigenvalue weighted by atomic mass is 15.0. The summed E-state index contributed by atoms with van der Waals surface area (Å²) in [6.07, 6.45) is 3.86. The van der Waals surface area contributed by atoms with E-state index in [9.17, 15) is 0 Å². The average molecular weight is 312 g/mol. The van der Waals surface area contributed by atoms with Gasteiger partial charge < -0.3 is 5.32 Å². The molecule has 0 aliphatic rings. The standard InChI is InChI=1S/C21H45N/c1-12-13-19(17(6)14-18(7)20(8,9)10)22-21(11,15(2)3)16(4)5/h15-19,22H,12-14H2,1-11H3/t17-,18?,19?/m1/s1. The lowest BCUT2D eigenvalue weighted by molar-refractivity contribution is 0.124. The van der Waals surface area contributed by atoms with Gasteiger partial charge in [0.25, 0.3) is 0 Å². The van der Waals surface area contributed by atoms with E-state index in [0.717, 1.165) is 11.8 Å². The first kappa shape index (κ1) is 22.0. The van der Waals surface area contributed by atoms with Crippen LogP contribution in [-0.4, -0.2) is 11.6 Å². The molecule has 2 unspecified atom stereocenters. The quantitative estimate of drug-likeness (QED) is 0.511. The first-order valence-corrected chi connectivity index (χ1v) is 9.63. The Bertz CT molecular complexity index is 290. The second-order valence-electron chi connectivity index (χ2n) is 9.61. The summed E-state index contributed by atoms with van der Waals surface area (Å²) in [5, 5.41) is 4.09. The summed E-state index contributed by atoms with van der Waals surface area (Å²) in [6.45, 7) is 26.2. The van der Waals surface area contributed by atoms with Crippen molar-refractivity contribution in [3.05, 3.63) is 0 Å². The SMILES string of the molecule is CCCC(NC(C)(C(C)C)C(C)C)[C@H](C)CC(C)C(C)(C)C.